The van der Waals surface area contributed by atoms with Crippen molar-refractivity contribution in [1.29, 1.82) is 0 Å². The van der Waals surface area contributed by atoms with Gasteiger partial charge < -0.3 is 15.0 Å². The molecule has 6 nitrogen and oxygen atoms in total. The van der Waals surface area contributed by atoms with E-state index in [1.807, 2.05) is 30.9 Å². The fourth-order valence-electron chi connectivity index (χ4n) is 4.19. The van der Waals surface area contributed by atoms with E-state index in [4.69, 9.17) is 4.74 Å². The first-order chi connectivity index (χ1) is 12.5. The van der Waals surface area contributed by atoms with E-state index in [-0.39, 0.29) is 18.0 Å². The number of nitrogens with zero attached hydrogens (tertiary/aromatic N) is 2. The van der Waals surface area contributed by atoms with E-state index in [9.17, 15) is 9.59 Å². The number of ether oxygens (including phenoxy) is 1. The molecule has 0 saturated carbocycles. The minimum atomic E-state index is -0.392. The topological polar surface area (TPSA) is 61.9 Å². The molecular weight excluding hydrogens is 330 g/mol. The van der Waals surface area contributed by atoms with E-state index in [1.165, 1.54) is 0 Å². The zero-order valence-corrected chi connectivity index (χ0v) is 15.5. The van der Waals surface area contributed by atoms with Gasteiger partial charge in [0.05, 0.1) is 30.0 Å². The lowest BCUT2D eigenvalue weighted by Gasteiger charge is -2.31. The first-order valence-electron chi connectivity index (χ1n) is 9.21. The summed E-state index contributed by atoms with van der Waals surface area (Å²) in [6.07, 6.45) is 2.14. The van der Waals surface area contributed by atoms with Gasteiger partial charge in [-0.2, -0.15) is 0 Å². The molecule has 2 atom stereocenters. The van der Waals surface area contributed by atoms with E-state index < -0.39 is 6.04 Å². The van der Waals surface area contributed by atoms with Gasteiger partial charge in [0, 0.05) is 20.2 Å². The zero-order valence-electron chi connectivity index (χ0n) is 15.5. The highest BCUT2D eigenvalue weighted by Gasteiger charge is 2.43. The third-order valence-electron chi connectivity index (χ3n) is 5.62. The van der Waals surface area contributed by atoms with Crippen LogP contribution in [-0.2, 0) is 9.53 Å². The Bertz CT molecular complexity index is 795. The average Bonchev–Trinajstić information content (AvgIpc) is 3.21. The molecule has 1 N–H and O–H groups in total. The smallest absolute Gasteiger partial charge is 0.322 e. The molecule has 26 heavy (non-hydrogen) atoms. The van der Waals surface area contributed by atoms with Crippen LogP contribution < -0.4 is 5.32 Å². The second-order valence-electron chi connectivity index (χ2n) is 7.48. The van der Waals surface area contributed by atoms with Crippen molar-refractivity contribution in [1.82, 2.24) is 15.1 Å². The summed E-state index contributed by atoms with van der Waals surface area (Å²) in [5.41, 5.74) is 4.73. The Morgan fingerprint density at radius 1 is 1.27 bits per heavy atom. The molecule has 1 aromatic rings. The maximum atomic E-state index is 13.2. The normalized spacial score (nSPS) is 25.8. The monoisotopic (exact) mass is 355 g/mol. The van der Waals surface area contributed by atoms with Crippen LogP contribution in [-0.4, -0.2) is 54.6 Å². The number of carbonyl (C=O) groups excluding carboxylic acids is 2. The Balaban J connectivity index is 1.67. The van der Waals surface area contributed by atoms with Crippen LogP contribution in [0.1, 0.15) is 35.6 Å². The van der Waals surface area contributed by atoms with Gasteiger partial charge in [0.2, 0.25) is 0 Å². The Morgan fingerprint density at radius 3 is 2.77 bits per heavy atom. The third kappa shape index (κ3) is 2.78. The molecule has 0 unspecified atom stereocenters. The molecule has 138 valence electrons. The van der Waals surface area contributed by atoms with Crippen LogP contribution >= 0.6 is 0 Å². The quantitative estimate of drug-likeness (QED) is 0.905. The molecule has 1 fully saturated rings. The number of aryl methyl sites for hydroxylation is 2. The van der Waals surface area contributed by atoms with E-state index in [1.54, 1.807) is 11.9 Å². The molecule has 3 amide bonds. The number of hydrogen-bond acceptors (Lipinski definition) is 3. The van der Waals surface area contributed by atoms with Gasteiger partial charge in [-0.15, -0.1) is 0 Å². The molecule has 6 heteroatoms. The van der Waals surface area contributed by atoms with Crippen LogP contribution in [0.3, 0.4) is 0 Å². The maximum absolute atomic E-state index is 13.2. The fourth-order valence-corrected chi connectivity index (χ4v) is 4.19. The summed E-state index contributed by atoms with van der Waals surface area (Å²) in [7, 11) is 1.73. The van der Waals surface area contributed by atoms with Gasteiger partial charge in [-0.3, -0.25) is 9.69 Å². The lowest BCUT2D eigenvalue weighted by atomic mass is 9.91. The van der Waals surface area contributed by atoms with Crippen molar-refractivity contribution in [2.75, 3.05) is 26.7 Å². The van der Waals surface area contributed by atoms with Gasteiger partial charge in [-0.25, -0.2) is 4.79 Å². The molecule has 3 heterocycles. The SMILES string of the molecule is Cc1ccc([C@@H]2NC(=O)N(C)C3=C2C(=O)N(C[C@H]2CCCO2)C3)c(C)c1. The van der Waals surface area contributed by atoms with Crippen molar-refractivity contribution in [3.8, 4) is 0 Å². The number of amides is 3. The van der Waals surface area contributed by atoms with Crippen molar-refractivity contribution < 1.29 is 14.3 Å². The van der Waals surface area contributed by atoms with Crippen LogP contribution in [0, 0.1) is 13.8 Å². The second kappa shape index (κ2) is 6.43. The number of rotatable bonds is 3. The number of likely N-dealkylation sites (N-methyl/N-ethyl adjacent to an activating group) is 1. The molecule has 1 aromatic carbocycles. The second-order valence-corrected chi connectivity index (χ2v) is 7.48. The molecule has 0 bridgehead atoms. The van der Waals surface area contributed by atoms with Crippen LogP contribution in [0.15, 0.2) is 29.5 Å². The lowest BCUT2D eigenvalue weighted by Crippen LogP contribution is -2.45. The zero-order chi connectivity index (χ0) is 18.4. The average molecular weight is 355 g/mol. The molecule has 1 saturated heterocycles. The molecule has 0 aliphatic carbocycles. The molecule has 4 rings (SSSR count). The third-order valence-corrected chi connectivity index (χ3v) is 5.62. The van der Waals surface area contributed by atoms with Crippen LogP contribution in [0.2, 0.25) is 0 Å². The molecule has 0 radical (unpaired) electrons. The Hall–Kier alpha value is -2.34. The van der Waals surface area contributed by atoms with Crippen molar-refractivity contribution in [3.63, 3.8) is 0 Å². The maximum Gasteiger partial charge on any atom is 0.322 e. The van der Waals surface area contributed by atoms with Crippen molar-refractivity contribution in [2.24, 2.45) is 0 Å². The Morgan fingerprint density at radius 2 is 2.08 bits per heavy atom. The highest BCUT2D eigenvalue weighted by molar-refractivity contribution is 6.01. The number of benzene rings is 1. The van der Waals surface area contributed by atoms with Gasteiger partial charge in [0.15, 0.2) is 0 Å². The summed E-state index contributed by atoms with van der Waals surface area (Å²) in [6.45, 7) is 5.90. The fraction of sp³-hybridized carbons (Fsp3) is 0.500. The van der Waals surface area contributed by atoms with E-state index in [0.717, 1.165) is 41.8 Å². The Kier molecular flexibility index (Phi) is 4.23. The van der Waals surface area contributed by atoms with Crippen molar-refractivity contribution in [2.45, 2.75) is 38.8 Å². The summed E-state index contributed by atoms with van der Waals surface area (Å²) >= 11 is 0. The number of carbonyl (C=O) groups is 2. The summed E-state index contributed by atoms with van der Waals surface area (Å²) < 4.78 is 5.70. The summed E-state index contributed by atoms with van der Waals surface area (Å²) in [6, 6.07) is 5.57. The number of urea groups is 1. The predicted molar refractivity (Wildman–Crippen MR) is 97.5 cm³/mol. The highest BCUT2D eigenvalue weighted by atomic mass is 16.5. The highest BCUT2D eigenvalue weighted by Crippen LogP contribution is 2.37. The summed E-state index contributed by atoms with van der Waals surface area (Å²) in [5, 5.41) is 3.01. The van der Waals surface area contributed by atoms with Gasteiger partial charge in [0.1, 0.15) is 0 Å². The van der Waals surface area contributed by atoms with Crippen LogP contribution in [0.5, 0.6) is 0 Å². The van der Waals surface area contributed by atoms with E-state index in [0.29, 0.717) is 18.7 Å². The van der Waals surface area contributed by atoms with Crippen LogP contribution in [0.4, 0.5) is 4.79 Å². The van der Waals surface area contributed by atoms with E-state index in [2.05, 4.69) is 11.4 Å². The van der Waals surface area contributed by atoms with Gasteiger partial charge in [-0.05, 0) is 37.8 Å². The molecule has 3 aliphatic rings. The molecule has 0 spiro atoms. The number of hydrogen-bond donors (Lipinski definition) is 1. The minimum absolute atomic E-state index is 0.00678. The first kappa shape index (κ1) is 17.1. The van der Waals surface area contributed by atoms with Gasteiger partial charge in [0.25, 0.3) is 5.91 Å². The van der Waals surface area contributed by atoms with Crippen LogP contribution in [0.25, 0.3) is 0 Å². The number of nitrogens with one attached hydrogen (secondary N) is 1. The Labute approximate surface area is 153 Å². The lowest BCUT2D eigenvalue weighted by molar-refractivity contribution is -0.127. The largest absolute Gasteiger partial charge is 0.376 e. The van der Waals surface area contributed by atoms with Crippen molar-refractivity contribution in [3.05, 3.63) is 46.2 Å². The summed E-state index contributed by atoms with van der Waals surface area (Å²) in [4.78, 5) is 29.1. The van der Waals surface area contributed by atoms with Gasteiger partial charge >= 0.3 is 6.03 Å². The molecule has 3 aliphatic heterocycles. The van der Waals surface area contributed by atoms with E-state index >= 15 is 0 Å². The molecular formula is C20H25N3O3. The first-order valence-corrected chi connectivity index (χ1v) is 9.21. The standard InChI is InChI=1S/C20H25N3O3/c1-12-6-7-15(13(2)9-12)18-17-16(22(3)20(25)21-18)11-23(19(17)24)10-14-5-4-8-26-14/h6-7,9,14,18H,4-5,8,10-11H2,1-3H3,(H,21,25)/t14-,18+/m1/s1. The minimum Gasteiger partial charge on any atom is -0.376 e. The summed E-state index contributed by atoms with van der Waals surface area (Å²) in [5.74, 6) is 0.00678. The van der Waals surface area contributed by atoms with Gasteiger partial charge in [-0.1, -0.05) is 23.8 Å². The molecule has 0 aromatic heterocycles. The van der Waals surface area contributed by atoms with Crippen molar-refractivity contribution >= 4 is 11.9 Å². The predicted octanol–water partition coefficient (Wildman–Crippen LogP) is 2.27.